The maximum atomic E-state index is 6.07. The molecule has 0 radical (unpaired) electrons. The standard InChI is InChI=1S/C13H18ClN/c1-2-11-6-7-12(14)10-13(11)15-8-4-3-5-9-15/h6-7,10H,2-5,8-9H2,1H3. The lowest BCUT2D eigenvalue weighted by atomic mass is 10.1. The molecule has 0 aliphatic carbocycles. The highest BCUT2D eigenvalue weighted by atomic mass is 35.5. The highest BCUT2D eigenvalue weighted by molar-refractivity contribution is 6.30. The molecule has 1 aliphatic rings. The van der Waals surface area contributed by atoms with Crippen molar-refractivity contribution in [3.8, 4) is 0 Å². The molecule has 0 aromatic heterocycles. The van der Waals surface area contributed by atoms with Gasteiger partial charge < -0.3 is 4.90 Å². The number of rotatable bonds is 2. The van der Waals surface area contributed by atoms with Crippen LogP contribution in [-0.4, -0.2) is 13.1 Å². The van der Waals surface area contributed by atoms with E-state index in [0.29, 0.717) is 0 Å². The zero-order valence-electron chi connectivity index (χ0n) is 9.30. The molecule has 1 fully saturated rings. The van der Waals surface area contributed by atoms with E-state index in [9.17, 15) is 0 Å². The number of piperidine rings is 1. The van der Waals surface area contributed by atoms with Crippen LogP contribution in [0.5, 0.6) is 0 Å². The molecule has 0 spiro atoms. The summed E-state index contributed by atoms with van der Waals surface area (Å²) in [4.78, 5) is 2.48. The quantitative estimate of drug-likeness (QED) is 0.735. The lowest BCUT2D eigenvalue weighted by molar-refractivity contribution is 0.576. The van der Waals surface area contributed by atoms with Gasteiger partial charge in [0.15, 0.2) is 0 Å². The number of nitrogens with zero attached hydrogens (tertiary/aromatic N) is 1. The summed E-state index contributed by atoms with van der Waals surface area (Å²) in [5.41, 5.74) is 2.77. The highest BCUT2D eigenvalue weighted by Crippen LogP contribution is 2.27. The van der Waals surface area contributed by atoms with Crippen LogP contribution in [-0.2, 0) is 6.42 Å². The Bertz CT molecular complexity index is 329. The second-order valence-electron chi connectivity index (χ2n) is 4.17. The van der Waals surface area contributed by atoms with Crippen molar-refractivity contribution in [2.24, 2.45) is 0 Å². The Balaban J connectivity index is 2.27. The summed E-state index contributed by atoms with van der Waals surface area (Å²) in [6.07, 6.45) is 5.09. The molecule has 1 saturated heterocycles. The molecule has 0 unspecified atom stereocenters. The van der Waals surface area contributed by atoms with Crippen molar-refractivity contribution < 1.29 is 0 Å². The van der Waals surface area contributed by atoms with Crippen molar-refractivity contribution in [2.45, 2.75) is 32.6 Å². The minimum atomic E-state index is 0.854. The van der Waals surface area contributed by atoms with Crippen LogP contribution in [0.25, 0.3) is 0 Å². The SMILES string of the molecule is CCc1ccc(Cl)cc1N1CCCCC1. The highest BCUT2D eigenvalue weighted by Gasteiger charge is 2.13. The van der Waals surface area contributed by atoms with Crippen molar-refractivity contribution in [1.82, 2.24) is 0 Å². The van der Waals surface area contributed by atoms with E-state index < -0.39 is 0 Å². The molecule has 1 aliphatic heterocycles. The second-order valence-corrected chi connectivity index (χ2v) is 4.61. The van der Waals surface area contributed by atoms with E-state index in [-0.39, 0.29) is 0 Å². The smallest absolute Gasteiger partial charge is 0.0426 e. The molecule has 0 bridgehead atoms. The minimum absolute atomic E-state index is 0.854. The predicted octanol–water partition coefficient (Wildman–Crippen LogP) is 3.89. The van der Waals surface area contributed by atoms with E-state index in [4.69, 9.17) is 11.6 Å². The molecule has 15 heavy (non-hydrogen) atoms. The van der Waals surface area contributed by atoms with E-state index in [1.807, 2.05) is 6.07 Å². The van der Waals surface area contributed by atoms with Gasteiger partial charge in [0, 0.05) is 23.8 Å². The Kier molecular flexibility index (Phi) is 3.53. The lowest BCUT2D eigenvalue weighted by Crippen LogP contribution is -2.30. The largest absolute Gasteiger partial charge is 0.371 e. The number of halogens is 1. The predicted molar refractivity (Wildman–Crippen MR) is 66.9 cm³/mol. The number of aryl methyl sites for hydroxylation is 1. The molecule has 1 aromatic carbocycles. The fourth-order valence-electron chi connectivity index (χ4n) is 2.27. The summed E-state index contributed by atoms with van der Waals surface area (Å²) < 4.78 is 0. The molecule has 0 atom stereocenters. The molecule has 82 valence electrons. The van der Waals surface area contributed by atoms with E-state index >= 15 is 0 Å². The van der Waals surface area contributed by atoms with E-state index in [2.05, 4.69) is 24.0 Å². The molecule has 0 N–H and O–H groups in total. The van der Waals surface area contributed by atoms with Crippen LogP contribution in [0, 0.1) is 0 Å². The molecule has 2 heteroatoms. The van der Waals surface area contributed by atoms with Gasteiger partial charge in [0.25, 0.3) is 0 Å². The fraction of sp³-hybridized carbons (Fsp3) is 0.538. The van der Waals surface area contributed by atoms with Crippen LogP contribution in [0.15, 0.2) is 18.2 Å². The number of benzene rings is 1. The Morgan fingerprint density at radius 2 is 1.93 bits per heavy atom. The van der Waals surface area contributed by atoms with Crippen LogP contribution in [0.3, 0.4) is 0 Å². The van der Waals surface area contributed by atoms with Crippen LogP contribution < -0.4 is 4.90 Å². The van der Waals surface area contributed by atoms with Crippen LogP contribution in [0.2, 0.25) is 5.02 Å². The van der Waals surface area contributed by atoms with Crippen molar-refractivity contribution in [2.75, 3.05) is 18.0 Å². The van der Waals surface area contributed by atoms with Gasteiger partial charge in [0.1, 0.15) is 0 Å². The summed E-state index contributed by atoms with van der Waals surface area (Å²) in [7, 11) is 0. The Morgan fingerprint density at radius 1 is 1.20 bits per heavy atom. The van der Waals surface area contributed by atoms with E-state index in [1.54, 1.807) is 0 Å². The van der Waals surface area contributed by atoms with Crippen molar-refractivity contribution in [1.29, 1.82) is 0 Å². The first-order valence-corrected chi connectivity index (χ1v) is 6.22. The molecule has 0 amide bonds. The van der Waals surface area contributed by atoms with Gasteiger partial charge >= 0.3 is 0 Å². The fourth-order valence-corrected chi connectivity index (χ4v) is 2.43. The first kappa shape index (κ1) is 10.8. The first-order chi connectivity index (χ1) is 7.31. The minimum Gasteiger partial charge on any atom is -0.371 e. The van der Waals surface area contributed by atoms with Crippen LogP contribution in [0.1, 0.15) is 31.7 Å². The molecular formula is C13H18ClN. The first-order valence-electron chi connectivity index (χ1n) is 5.84. The molecule has 1 nitrogen and oxygen atoms in total. The zero-order chi connectivity index (χ0) is 10.7. The van der Waals surface area contributed by atoms with Gasteiger partial charge in [-0.15, -0.1) is 0 Å². The summed E-state index contributed by atoms with van der Waals surface area (Å²) >= 11 is 6.07. The van der Waals surface area contributed by atoms with Crippen molar-refractivity contribution >= 4 is 17.3 Å². The van der Waals surface area contributed by atoms with Gasteiger partial charge in [-0.3, -0.25) is 0 Å². The summed E-state index contributed by atoms with van der Waals surface area (Å²) in [6, 6.07) is 6.27. The maximum Gasteiger partial charge on any atom is 0.0426 e. The Morgan fingerprint density at radius 3 is 2.60 bits per heavy atom. The summed E-state index contributed by atoms with van der Waals surface area (Å²) in [6.45, 7) is 4.58. The topological polar surface area (TPSA) is 3.24 Å². The van der Waals surface area contributed by atoms with Crippen LogP contribution in [0.4, 0.5) is 5.69 Å². The molecule has 0 saturated carbocycles. The number of hydrogen-bond donors (Lipinski definition) is 0. The summed E-state index contributed by atoms with van der Waals surface area (Å²) in [5, 5.41) is 0.854. The van der Waals surface area contributed by atoms with Gasteiger partial charge in [-0.2, -0.15) is 0 Å². The normalized spacial score (nSPS) is 16.8. The maximum absolute atomic E-state index is 6.07. The average Bonchev–Trinajstić information content (AvgIpc) is 2.30. The Labute approximate surface area is 97.0 Å². The number of hydrogen-bond acceptors (Lipinski definition) is 1. The zero-order valence-corrected chi connectivity index (χ0v) is 10.1. The average molecular weight is 224 g/mol. The molecular weight excluding hydrogens is 206 g/mol. The third kappa shape index (κ3) is 2.46. The molecule has 1 heterocycles. The van der Waals surface area contributed by atoms with E-state index in [0.717, 1.165) is 11.4 Å². The van der Waals surface area contributed by atoms with Gasteiger partial charge in [-0.25, -0.2) is 0 Å². The molecule has 1 aromatic rings. The molecule has 2 rings (SSSR count). The third-order valence-corrected chi connectivity index (χ3v) is 3.36. The third-order valence-electron chi connectivity index (χ3n) is 3.12. The van der Waals surface area contributed by atoms with Crippen molar-refractivity contribution in [3.05, 3.63) is 28.8 Å². The van der Waals surface area contributed by atoms with Gasteiger partial charge in [-0.05, 0) is 43.4 Å². The van der Waals surface area contributed by atoms with Crippen molar-refractivity contribution in [3.63, 3.8) is 0 Å². The Hall–Kier alpha value is -0.690. The summed E-state index contributed by atoms with van der Waals surface area (Å²) in [5.74, 6) is 0. The van der Waals surface area contributed by atoms with Gasteiger partial charge in [0.05, 0.1) is 0 Å². The van der Waals surface area contributed by atoms with Gasteiger partial charge in [0.2, 0.25) is 0 Å². The van der Waals surface area contributed by atoms with Gasteiger partial charge in [-0.1, -0.05) is 24.6 Å². The monoisotopic (exact) mass is 223 g/mol. The van der Waals surface area contributed by atoms with Crippen LogP contribution >= 0.6 is 11.6 Å². The number of anilines is 1. The lowest BCUT2D eigenvalue weighted by Gasteiger charge is -2.30. The van der Waals surface area contributed by atoms with E-state index in [1.165, 1.54) is 43.6 Å². The second kappa shape index (κ2) is 4.89.